The van der Waals surface area contributed by atoms with Crippen molar-refractivity contribution in [1.82, 2.24) is 15.1 Å². The van der Waals surface area contributed by atoms with E-state index in [2.05, 4.69) is 48.9 Å². The lowest BCUT2D eigenvalue weighted by Crippen LogP contribution is -2.38. The third-order valence-corrected chi connectivity index (χ3v) is 4.37. The zero-order valence-electron chi connectivity index (χ0n) is 14.1. The fourth-order valence-electron chi connectivity index (χ4n) is 3.10. The number of aromatic nitrogens is 2. The Morgan fingerprint density at radius 3 is 2.81 bits per heavy atom. The van der Waals surface area contributed by atoms with Gasteiger partial charge in [-0.3, -0.25) is 4.68 Å². The molecule has 1 atom stereocenters. The van der Waals surface area contributed by atoms with Crippen LogP contribution in [0.4, 0.5) is 0 Å². The second-order valence-corrected chi connectivity index (χ2v) is 6.80. The monoisotopic (exact) mass is 293 g/mol. The van der Waals surface area contributed by atoms with Crippen LogP contribution in [-0.2, 0) is 24.1 Å². The van der Waals surface area contributed by atoms with Crippen LogP contribution in [-0.4, -0.2) is 36.1 Å². The molecule has 1 aliphatic heterocycles. The van der Waals surface area contributed by atoms with E-state index in [0.29, 0.717) is 5.92 Å². The van der Waals surface area contributed by atoms with E-state index in [1.54, 1.807) is 0 Å². The van der Waals surface area contributed by atoms with Gasteiger partial charge in [-0.1, -0.05) is 20.8 Å². The second-order valence-electron chi connectivity index (χ2n) is 6.80. The summed E-state index contributed by atoms with van der Waals surface area (Å²) in [5.74, 6) is 0.692. The Morgan fingerprint density at radius 1 is 1.43 bits per heavy atom. The highest BCUT2D eigenvalue weighted by molar-refractivity contribution is 5.13. The molecule has 1 saturated heterocycles. The third kappa shape index (κ3) is 4.30. The molecule has 21 heavy (non-hydrogen) atoms. The standard InChI is InChI=1S/C17H31N3O/c1-5-15-9-16(20(6-2)19-15)10-17(7-8-21-13-17)12-18-11-14(3)4/h9,14,18H,5-8,10-13H2,1-4H3. The first-order valence-corrected chi connectivity index (χ1v) is 8.42. The Labute approximate surface area is 129 Å². The van der Waals surface area contributed by atoms with Gasteiger partial charge in [0.1, 0.15) is 0 Å². The fraction of sp³-hybridized carbons (Fsp3) is 0.824. The van der Waals surface area contributed by atoms with Crippen molar-refractivity contribution < 1.29 is 4.74 Å². The van der Waals surface area contributed by atoms with Crippen LogP contribution in [0.3, 0.4) is 0 Å². The molecule has 0 amide bonds. The summed E-state index contributed by atoms with van der Waals surface area (Å²) in [6.45, 7) is 13.7. The smallest absolute Gasteiger partial charge is 0.0624 e. The minimum Gasteiger partial charge on any atom is -0.381 e. The van der Waals surface area contributed by atoms with Gasteiger partial charge in [0.2, 0.25) is 0 Å². The zero-order chi connectivity index (χ0) is 15.3. The number of nitrogens with zero attached hydrogens (tertiary/aromatic N) is 2. The lowest BCUT2D eigenvalue weighted by molar-refractivity contribution is 0.147. The minimum atomic E-state index is 0.243. The summed E-state index contributed by atoms with van der Waals surface area (Å²) in [6, 6.07) is 2.28. The largest absolute Gasteiger partial charge is 0.381 e. The van der Waals surface area contributed by atoms with Crippen molar-refractivity contribution >= 4 is 0 Å². The van der Waals surface area contributed by atoms with Crippen LogP contribution in [0.15, 0.2) is 6.07 Å². The van der Waals surface area contributed by atoms with Gasteiger partial charge in [-0.15, -0.1) is 0 Å². The molecular formula is C17H31N3O. The molecule has 1 N–H and O–H groups in total. The Bertz CT molecular complexity index is 433. The first-order chi connectivity index (χ1) is 10.1. The number of hydrogen-bond donors (Lipinski definition) is 1. The van der Waals surface area contributed by atoms with Crippen LogP contribution >= 0.6 is 0 Å². The van der Waals surface area contributed by atoms with E-state index in [-0.39, 0.29) is 5.41 Å². The summed E-state index contributed by atoms with van der Waals surface area (Å²) < 4.78 is 7.90. The predicted octanol–water partition coefficient (Wildman–Crippen LogP) is 2.66. The van der Waals surface area contributed by atoms with E-state index in [1.165, 1.54) is 11.4 Å². The molecule has 1 aromatic rings. The summed E-state index contributed by atoms with van der Waals surface area (Å²) in [4.78, 5) is 0. The van der Waals surface area contributed by atoms with Crippen molar-refractivity contribution in [2.24, 2.45) is 11.3 Å². The molecule has 1 aromatic heterocycles. The Kier molecular flexibility index (Phi) is 5.82. The number of nitrogens with one attached hydrogen (secondary N) is 1. The molecule has 2 heterocycles. The van der Waals surface area contributed by atoms with Gasteiger partial charge in [0.25, 0.3) is 0 Å². The van der Waals surface area contributed by atoms with Crippen LogP contribution in [0.25, 0.3) is 0 Å². The van der Waals surface area contributed by atoms with Gasteiger partial charge in [0, 0.05) is 30.8 Å². The highest BCUT2D eigenvalue weighted by Gasteiger charge is 2.35. The molecule has 0 bridgehead atoms. The number of ether oxygens (including phenoxy) is 1. The van der Waals surface area contributed by atoms with Crippen molar-refractivity contribution in [3.05, 3.63) is 17.5 Å². The fourth-order valence-corrected chi connectivity index (χ4v) is 3.10. The van der Waals surface area contributed by atoms with E-state index < -0.39 is 0 Å². The summed E-state index contributed by atoms with van der Waals surface area (Å²) >= 11 is 0. The Hall–Kier alpha value is -0.870. The average molecular weight is 293 g/mol. The van der Waals surface area contributed by atoms with Crippen LogP contribution in [0.2, 0.25) is 0 Å². The van der Waals surface area contributed by atoms with Gasteiger partial charge in [0.05, 0.1) is 12.3 Å². The van der Waals surface area contributed by atoms with Gasteiger partial charge in [-0.2, -0.15) is 5.10 Å². The van der Waals surface area contributed by atoms with Gasteiger partial charge < -0.3 is 10.1 Å². The van der Waals surface area contributed by atoms with Gasteiger partial charge in [-0.25, -0.2) is 0 Å². The Balaban J connectivity index is 2.06. The predicted molar refractivity (Wildman–Crippen MR) is 86.6 cm³/mol. The maximum Gasteiger partial charge on any atom is 0.0624 e. The molecule has 4 heteroatoms. The van der Waals surface area contributed by atoms with E-state index in [4.69, 9.17) is 4.74 Å². The van der Waals surface area contributed by atoms with Crippen LogP contribution < -0.4 is 5.32 Å². The van der Waals surface area contributed by atoms with Gasteiger partial charge >= 0.3 is 0 Å². The van der Waals surface area contributed by atoms with E-state index in [1.807, 2.05) is 0 Å². The Morgan fingerprint density at radius 2 is 2.24 bits per heavy atom. The van der Waals surface area contributed by atoms with Gasteiger partial charge in [0.15, 0.2) is 0 Å². The first kappa shape index (κ1) is 16.5. The second kappa shape index (κ2) is 7.41. The molecule has 2 rings (SSSR count). The molecule has 0 spiro atoms. The average Bonchev–Trinajstić information content (AvgIpc) is 3.06. The van der Waals surface area contributed by atoms with Crippen molar-refractivity contribution in [2.45, 2.75) is 53.5 Å². The van der Waals surface area contributed by atoms with E-state index in [9.17, 15) is 0 Å². The summed E-state index contributed by atoms with van der Waals surface area (Å²) in [5.41, 5.74) is 2.81. The number of rotatable bonds is 8. The third-order valence-electron chi connectivity index (χ3n) is 4.37. The van der Waals surface area contributed by atoms with Crippen LogP contribution in [0.5, 0.6) is 0 Å². The zero-order valence-corrected chi connectivity index (χ0v) is 14.1. The quantitative estimate of drug-likeness (QED) is 0.801. The maximum atomic E-state index is 5.73. The van der Waals surface area contributed by atoms with Gasteiger partial charge in [-0.05, 0) is 44.7 Å². The molecule has 4 nitrogen and oxygen atoms in total. The molecule has 0 aliphatic carbocycles. The molecule has 0 aromatic carbocycles. The molecule has 120 valence electrons. The van der Waals surface area contributed by atoms with Crippen LogP contribution in [0.1, 0.15) is 45.5 Å². The van der Waals surface area contributed by atoms with E-state index in [0.717, 1.165) is 52.1 Å². The lowest BCUT2D eigenvalue weighted by atomic mass is 9.82. The highest BCUT2D eigenvalue weighted by Crippen LogP contribution is 2.32. The molecule has 1 fully saturated rings. The topological polar surface area (TPSA) is 39.1 Å². The summed E-state index contributed by atoms with van der Waals surface area (Å²) in [6.07, 6.45) is 3.22. The van der Waals surface area contributed by atoms with Crippen molar-refractivity contribution in [3.8, 4) is 0 Å². The molecule has 0 radical (unpaired) electrons. The van der Waals surface area contributed by atoms with E-state index >= 15 is 0 Å². The molecular weight excluding hydrogens is 262 g/mol. The highest BCUT2D eigenvalue weighted by atomic mass is 16.5. The normalized spacial score (nSPS) is 22.3. The lowest BCUT2D eigenvalue weighted by Gasteiger charge is -2.28. The van der Waals surface area contributed by atoms with Crippen LogP contribution in [0, 0.1) is 11.3 Å². The van der Waals surface area contributed by atoms with Crippen molar-refractivity contribution in [1.29, 1.82) is 0 Å². The van der Waals surface area contributed by atoms with Crippen molar-refractivity contribution in [2.75, 3.05) is 26.3 Å². The summed E-state index contributed by atoms with van der Waals surface area (Å²) in [5, 5.41) is 8.32. The number of hydrogen-bond acceptors (Lipinski definition) is 3. The minimum absolute atomic E-state index is 0.243. The SMILES string of the molecule is CCc1cc(CC2(CNCC(C)C)CCOC2)n(CC)n1. The maximum absolute atomic E-state index is 5.73. The summed E-state index contributed by atoms with van der Waals surface area (Å²) in [7, 11) is 0. The molecule has 0 saturated carbocycles. The molecule has 1 unspecified atom stereocenters. The first-order valence-electron chi connectivity index (χ1n) is 8.42. The van der Waals surface area contributed by atoms with Crippen molar-refractivity contribution in [3.63, 3.8) is 0 Å². The number of aryl methyl sites for hydroxylation is 2. The molecule has 1 aliphatic rings.